The first-order valence-electron chi connectivity index (χ1n) is 9.48. The number of amides is 1. The maximum Gasteiger partial charge on any atom is 0.253 e. The number of rotatable bonds is 3. The van der Waals surface area contributed by atoms with E-state index in [-0.39, 0.29) is 5.91 Å². The van der Waals surface area contributed by atoms with Gasteiger partial charge in [-0.25, -0.2) is 0 Å². The van der Waals surface area contributed by atoms with E-state index in [0.717, 1.165) is 54.9 Å². The Morgan fingerprint density at radius 3 is 2.54 bits per heavy atom. The molecule has 138 valence electrons. The van der Waals surface area contributed by atoms with Gasteiger partial charge in [-0.1, -0.05) is 12.1 Å². The second-order valence-electron chi connectivity index (χ2n) is 7.16. The molecule has 2 fully saturated rings. The Bertz CT molecular complexity index is 759. The highest BCUT2D eigenvalue weighted by Crippen LogP contribution is 2.25. The minimum absolute atomic E-state index is 0.133. The summed E-state index contributed by atoms with van der Waals surface area (Å²) in [6, 6.07) is 12.4. The van der Waals surface area contributed by atoms with Crippen LogP contribution in [0.2, 0.25) is 0 Å². The van der Waals surface area contributed by atoms with E-state index in [4.69, 9.17) is 4.42 Å². The first kappa shape index (κ1) is 17.7. The van der Waals surface area contributed by atoms with Crippen LogP contribution in [0.15, 0.2) is 40.8 Å². The van der Waals surface area contributed by atoms with Gasteiger partial charge < -0.3 is 9.32 Å². The predicted molar refractivity (Wildman–Crippen MR) is 107 cm³/mol. The fourth-order valence-corrected chi connectivity index (χ4v) is 5.00. The first-order chi connectivity index (χ1) is 12.7. The Balaban J connectivity index is 1.40. The van der Waals surface area contributed by atoms with Crippen LogP contribution < -0.4 is 0 Å². The van der Waals surface area contributed by atoms with Gasteiger partial charge in [0.25, 0.3) is 5.91 Å². The topological polar surface area (TPSA) is 36.7 Å². The number of aryl methyl sites for hydroxylation is 1. The summed E-state index contributed by atoms with van der Waals surface area (Å²) in [5, 5.41) is 0. The van der Waals surface area contributed by atoms with Gasteiger partial charge >= 0.3 is 0 Å². The second-order valence-corrected chi connectivity index (χ2v) is 8.39. The lowest BCUT2D eigenvalue weighted by Crippen LogP contribution is -2.52. The van der Waals surface area contributed by atoms with Crippen LogP contribution in [-0.4, -0.2) is 59.4 Å². The molecular formula is C21H26N2O2S. The molecule has 1 aromatic heterocycles. The van der Waals surface area contributed by atoms with Crippen molar-refractivity contribution in [1.82, 2.24) is 9.80 Å². The third kappa shape index (κ3) is 3.84. The van der Waals surface area contributed by atoms with E-state index in [1.165, 1.54) is 24.3 Å². The molecule has 0 N–H and O–H groups in total. The number of thioether (sulfide) groups is 1. The number of hydrogen-bond acceptors (Lipinski definition) is 4. The van der Waals surface area contributed by atoms with Crippen molar-refractivity contribution in [3.63, 3.8) is 0 Å². The van der Waals surface area contributed by atoms with Crippen molar-refractivity contribution < 1.29 is 9.21 Å². The van der Waals surface area contributed by atoms with Crippen LogP contribution in [0.25, 0.3) is 11.3 Å². The number of carbonyl (C=O) groups is 1. The van der Waals surface area contributed by atoms with Gasteiger partial charge in [-0.3, -0.25) is 9.69 Å². The van der Waals surface area contributed by atoms with Crippen molar-refractivity contribution >= 4 is 17.7 Å². The lowest BCUT2D eigenvalue weighted by molar-refractivity contribution is 0.0559. The molecule has 4 rings (SSSR count). The first-order valence-corrected chi connectivity index (χ1v) is 10.6. The molecule has 1 amide bonds. The number of furan rings is 1. The fraction of sp³-hybridized carbons (Fsp3) is 0.476. The molecule has 0 unspecified atom stereocenters. The molecule has 3 heterocycles. The minimum Gasteiger partial charge on any atom is -0.461 e. The van der Waals surface area contributed by atoms with Gasteiger partial charge in [0.05, 0.1) is 0 Å². The Hall–Kier alpha value is -1.72. The highest BCUT2D eigenvalue weighted by atomic mass is 32.2. The summed E-state index contributed by atoms with van der Waals surface area (Å²) in [4.78, 5) is 17.5. The van der Waals surface area contributed by atoms with Crippen molar-refractivity contribution in [3.8, 4) is 11.3 Å². The molecule has 4 nitrogen and oxygen atoms in total. The summed E-state index contributed by atoms with van der Waals surface area (Å²) in [6.07, 6.45) is 2.59. The lowest BCUT2D eigenvalue weighted by atomic mass is 10.1. The number of piperazine rings is 1. The molecule has 0 aliphatic carbocycles. The minimum atomic E-state index is 0.133. The van der Waals surface area contributed by atoms with Crippen molar-refractivity contribution in [2.24, 2.45) is 0 Å². The quantitative estimate of drug-likeness (QED) is 0.821. The van der Waals surface area contributed by atoms with Gasteiger partial charge in [-0.05, 0) is 55.5 Å². The third-order valence-electron chi connectivity index (χ3n) is 5.44. The molecule has 1 aromatic carbocycles. The Morgan fingerprint density at radius 2 is 1.85 bits per heavy atom. The molecule has 0 saturated carbocycles. The van der Waals surface area contributed by atoms with E-state index >= 15 is 0 Å². The average Bonchev–Trinajstić information content (AvgIpc) is 3.15. The van der Waals surface area contributed by atoms with Crippen LogP contribution in [0.5, 0.6) is 0 Å². The summed E-state index contributed by atoms with van der Waals surface area (Å²) in [6.45, 7) is 5.58. The molecule has 2 saturated heterocycles. The molecule has 2 aliphatic rings. The van der Waals surface area contributed by atoms with E-state index in [1.54, 1.807) is 0 Å². The molecule has 26 heavy (non-hydrogen) atoms. The van der Waals surface area contributed by atoms with Crippen molar-refractivity contribution in [1.29, 1.82) is 0 Å². The molecule has 2 aromatic rings. The normalized spacial score (nSPS) is 19.7. The van der Waals surface area contributed by atoms with Crippen LogP contribution in [0, 0.1) is 6.92 Å². The van der Waals surface area contributed by atoms with Crippen LogP contribution in [-0.2, 0) is 0 Å². The number of carbonyl (C=O) groups excluding carboxylic acids is 1. The zero-order chi connectivity index (χ0) is 17.9. The molecule has 0 bridgehead atoms. The van der Waals surface area contributed by atoms with E-state index in [9.17, 15) is 4.79 Å². The van der Waals surface area contributed by atoms with Gasteiger partial charge in [-0.2, -0.15) is 11.8 Å². The maximum absolute atomic E-state index is 12.9. The smallest absolute Gasteiger partial charge is 0.253 e. The van der Waals surface area contributed by atoms with Crippen LogP contribution in [0.4, 0.5) is 0 Å². The summed E-state index contributed by atoms with van der Waals surface area (Å²) < 4.78 is 5.70. The largest absolute Gasteiger partial charge is 0.461 e. The zero-order valence-electron chi connectivity index (χ0n) is 15.3. The summed E-state index contributed by atoms with van der Waals surface area (Å²) >= 11 is 2.07. The fourth-order valence-electron chi connectivity index (χ4n) is 3.92. The summed E-state index contributed by atoms with van der Waals surface area (Å²) in [7, 11) is 0. The van der Waals surface area contributed by atoms with Gasteiger partial charge in [-0.15, -0.1) is 0 Å². The molecule has 0 atom stereocenters. The van der Waals surface area contributed by atoms with Gasteiger partial charge in [0.2, 0.25) is 0 Å². The van der Waals surface area contributed by atoms with Gasteiger partial charge in [0, 0.05) is 43.3 Å². The second kappa shape index (κ2) is 7.89. The number of benzene rings is 1. The van der Waals surface area contributed by atoms with E-state index in [0.29, 0.717) is 0 Å². The van der Waals surface area contributed by atoms with Gasteiger partial charge in [0.1, 0.15) is 11.5 Å². The Kier molecular flexibility index (Phi) is 5.36. The molecule has 5 heteroatoms. The number of hydrogen-bond donors (Lipinski definition) is 0. The Morgan fingerprint density at radius 1 is 1.08 bits per heavy atom. The molecule has 2 aliphatic heterocycles. The SMILES string of the molecule is Cc1ccc(-c2cccc(C(=O)N3CCN(C4CCSCC4)CC3)c2)o1. The Labute approximate surface area is 159 Å². The molecule has 0 spiro atoms. The summed E-state index contributed by atoms with van der Waals surface area (Å²) in [5.74, 6) is 4.39. The summed E-state index contributed by atoms with van der Waals surface area (Å²) in [5.41, 5.74) is 1.71. The van der Waals surface area contributed by atoms with Crippen molar-refractivity contribution in [2.45, 2.75) is 25.8 Å². The molecular weight excluding hydrogens is 344 g/mol. The lowest BCUT2D eigenvalue weighted by Gasteiger charge is -2.40. The van der Waals surface area contributed by atoms with E-state index in [2.05, 4.69) is 16.7 Å². The molecule has 0 radical (unpaired) electrons. The third-order valence-corrected chi connectivity index (χ3v) is 6.49. The standard InChI is InChI=1S/C21H26N2O2S/c1-16-5-6-20(25-16)17-3-2-4-18(15-17)21(24)23-11-9-22(10-12-23)19-7-13-26-14-8-19/h2-6,15,19H,7-14H2,1H3. The predicted octanol–water partition coefficient (Wildman–Crippen LogP) is 3.91. The highest BCUT2D eigenvalue weighted by molar-refractivity contribution is 7.99. The monoisotopic (exact) mass is 370 g/mol. The van der Waals surface area contributed by atoms with Crippen LogP contribution in [0.3, 0.4) is 0 Å². The van der Waals surface area contributed by atoms with E-state index < -0.39 is 0 Å². The van der Waals surface area contributed by atoms with Crippen molar-refractivity contribution in [3.05, 3.63) is 47.7 Å². The maximum atomic E-state index is 12.9. The van der Waals surface area contributed by atoms with Crippen LogP contribution in [0.1, 0.15) is 29.0 Å². The van der Waals surface area contributed by atoms with Crippen molar-refractivity contribution in [2.75, 3.05) is 37.7 Å². The zero-order valence-corrected chi connectivity index (χ0v) is 16.1. The average molecular weight is 371 g/mol. The van der Waals surface area contributed by atoms with Crippen LogP contribution >= 0.6 is 11.8 Å². The van der Waals surface area contributed by atoms with E-state index in [1.807, 2.05) is 48.2 Å². The number of nitrogens with zero attached hydrogens (tertiary/aromatic N) is 2. The highest BCUT2D eigenvalue weighted by Gasteiger charge is 2.27. The van der Waals surface area contributed by atoms with Gasteiger partial charge in [0.15, 0.2) is 0 Å².